The van der Waals surface area contributed by atoms with Crippen LogP contribution >= 0.6 is 12.4 Å². The van der Waals surface area contributed by atoms with E-state index in [2.05, 4.69) is 0 Å². The summed E-state index contributed by atoms with van der Waals surface area (Å²) in [6, 6.07) is -1.24. The largest absolute Gasteiger partial charge is 0.323 e. The standard InChI is InChI=1S/C8H13F4N.ClH/c9-7(10)6(13)5-1-3-8(11,12)4-2-5;/h5-7H,1-4,13H2;1H/t6-;/m1./s1. The molecule has 0 spiro atoms. The Morgan fingerprint density at radius 1 is 1.14 bits per heavy atom. The molecule has 1 atom stereocenters. The highest BCUT2D eigenvalue weighted by atomic mass is 35.5. The van der Waals surface area contributed by atoms with E-state index in [1.54, 1.807) is 0 Å². The monoisotopic (exact) mass is 235 g/mol. The van der Waals surface area contributed by atoms with Gasteiger partial charge in [0.15, 0.2) is 0 Å². The first kappa shape index (κ1) is 14.0. The van der Waals surface area contributed by atoms with Gasteiger partial charge in [0.05, 0.1) is 6.04 Å². The Hall–Kier alpha value is -0.0300. The van der Waals surface area contributed by atoms with E-state index in [1.165, 1.54) is 0 Å². The Morgan fingerprint density at radius 2 is 1.57 bits per heavy atom. The van der Waals surface area contributed by atoms with Crippen molar-refractivity contribution in [2.45, 2.75) is 44.1 Å². The molecule has 0 radical (unpaired) electrons. The first-order valence-electron chi connectivity index (χ1n) is 4.34. The van der Waals surface area contributed by atoms with Gasteiger partial charge in [-0.3, -0.25) is 0 Å². The third kappa shape index (κ3) is 3.61. The van der Waals surface area contributed by atoms with Crippen molar-refractivity contribution < 1.29 is 17.6 Å². The van der Waals surface area contributed by atoms with Crippen LogP contribution in [0.15, 0.2) is 0 Å². The van der Waals surface area contributed by atoms with Crippen LogP contribution in [0.3, 0.4) is 0 Å². The molecule has 0 aromatic rings. The van der Waals surface area contributed by atoms with Gasteiger partial charge < -0.3 is 5.73 Å². The van der Waals surface area contributed by atoms with Crippen LogP contribution in [0.25, 0.3) is 0 Å². The second kappa shape index (κ2) is 5.16. The fraction of sp³-hybridized carbons (Fsp3) is 1.00. The number of hydrogen-bond acceptors (Lipinski definition) is 1. The first-order chi connectivity index (χ1) is 5.92. The van der Waals surface area contributed by atoms with Gasteiger partial charge in [0.2, 0.25) is 5.92 Å². The molecular weight excluding hydrogens is 222 g/mol. The molecule has 1 rings (SSSR count). The van der Waals surface area contributed by atoms with Crippen LogP contribution in [-0.4, -0.2) is 18.4 Å². The minimum Gasteiger partial charge on any atom is -0.323 e. The van der Waals surface area contributed by atoms with E-state index in [-0.39, 0.29) is 38.1 Å². The maximum absolute atomic E-state index is 12.6. The topological polar surface area (TPSA) is 26.0 Å². The van der Waals surface area contributed by atoms with Gasteiger partial charge in [0.25, 0.3) is 6.43 Å². The molecule has 1 saturated carbocycles. The van der Waals surface area contributed by atoms with Crippen molar-refractivity contribution in [3.05, 3.63) is 0 Å². The molecule has 1 aliphatic rings. The van der Waals surface area contributed by atoms with Crippen LogP contribution < -0.4 is 5.73 Å². The fourth-order valence-corrected chi connectivity index (χ4v) is 1.65. The van der Waals surface area contributed by atoms with Crippen LogP contribution in [0.1, 0.15) is 25.7 Å². The summed E-state index contributed by atoms with van der Waals surface area (Å²) < 4.78 is 49.4. The van der Waals surface area contributed by atoms with Crippen LogP contribution in [0.2, 0.25) is 0 Å². The Bertz CT molecular complexity index is 167. The van der Waals surface area contributed by atoms with Crippen LogP contribution in [0.4, 0.5) is 17.6 Å². The summed E-state index contributed by atoms with van der Waals surface area (Å²) in [6.45, 7) is 0. The zero-order valence-electron chi connectivity index (χ0n) is 7.56. The Labute approximate surface area is 86.4 Å². The maximum Gasteiger partial charge on any atom is 0.253 e. The summed E-state index contributed by atoms with van der Waals surface area (Å²) >= 11 is 0. The number of alkyl halides is 4. The highest BCUT2D eigenvalue weighted by Crippen LogP contribution is 2.37. The van der Waals surface area contributed by atoms with Crippen molar-refractivity contribution in [3.8, 4) is 0 Å². The smallest absolute Gasteiger partial charge is 0.253 e. The third-order valence-electron chi connectivity index (χ3n) is 2.60. The highest BCUT2D eigenvalue weighted by Gasteiger charge is 2.38. The molecule has 1 fully saturated rings. The number of nitrogens with two attached hydrogens (primary N) is 1. The summed E-state index contributed by atoms with van der Waals surface area (Å²) in [5.41, 5.74) is 5.18. The minimum atomic E-state index is -2.67. The van der Waals surface area contributed by atoms with E-state index in [0.717, 1.165) is 0 Å². The average Bonchev–Trinajstić information content (AvgIpc) is 2.03. The van der Waals surface area contributed by atoms with Gasteiger partial charge >= 0.3 is 0 Å². The van der Waals surface area contributed by atoms with Crippen molar-refractivity contribution in [1.82, 2.24) is 0 Å². The number of rotatable bonds is 2. The SMILES string of the molecule is Cl.N[C@@H](C(F)F)C1CCC(F)(F)CC1. The quantitative estimate of drug-likeness (QED) is 0.732. The molecule has 6 heteroatoms. The molecule has 0 aromatic carbocycles. The Kier molecular flexibility index (Phi) is 5.15. The van der Waals surface area contributed by atoms with Gasteiger partial charge in [-0.2, -0.15) is 0 Å². The lowest BCUT2D eigenvalue weighted by atomic mass is 9.82. The third-order valence-corrected chi connectivity index (χ3v) is 2.60. The van der Waals surface area contributed by atoms with E-state index in [9.17, 15) is 17.6 Å². The van der Waals surface area contributed by atoms with Gasteiger partial charge in [-0.05, 0) is 18.8 Å². The summed E-state index contributed by atoms with van der Waals surface area (Å²) in [4.78, 5) is 0. The van der Waals surface area contributed by atoms with E-state index in [0.29, 0.717) is 0 Å². The molecule has 0 aromatic heterocycles. The lowest BCUT2D eigenvalue weighted by Gasteiger charge is -2.31. The lowest BCUT2D eigenvalue weighted by molar-refractivity contribution is -0.0558. The zero-order valence-corrected chi connectivity index (χ0v) is 8.37. The van der Waals surface area contributed by atoms with Gasteiger partial charge in [0.1, 0.15) is 0 Å². The van der Waals surface area contributed by atoms with E-state index < -0.39 is 24.3 Å². The van der Waals surface area contributed by atoms with Crippen molar-refractivity contribution >= 4 is 12.4 Å². The Morgan fingerprint density at radius 3 is 1.93 bits per heavy atom. The van der Waals surface area contributed by atoms with Gasteiger partial charge in [-0.1, -0.05) is 0 Å². The predicted molar refractivity (Wildman–Crippen MR) is 48.1 cm³/mol. The van der Waals surface area contributed by atoms with Gasteiger partial charge in [-0.15, -0.1) is 12.4 Å². The normalized spacial score (nSPS) is 24.4. The van der Waals surface area contributed by atoms with Crippen molar-refractivity contribution in [1.29, 1.82) is 0 Å². The summed E-state index contributed by atoms with van der Waals surface area (Å²) in [5.74, 6) is -3.11. The molecule has 86 valence electrons. The van der Waals surface area contributed by atoms with Crippen molar-refractivity contribution in [3.63, 3.8) is 0 Å². The van der Waals surface area contributed by atoms with Crippen LogP contribution in [-0.2, 0) is 0 Å². The molecule has 2 N–H and O–H groups in total. The maximum atomic E-state index is 12.6. The van der Waals surface area contributed by atoms with E-state index >= 15 is 0 Å². The number of hydrogen-bond donors (Lipinski definition) is 1. The fourth-order valence-electron chi connectivity index (χ4n) is 1.65. The minimum absolute atomic E-state index is 0. The highest BCUT2D eigenvalue weighted by molar-refractivity contribution is 5.85. The Balaban J connectivity index is 0.00000169. The summed E-state index contributed by atoms with van der Waals surface area (Å²) in [5, 5.41) is 0. The molecule has 14 heavy (non-hydrogen) atoms. The molecule has 0 bridgehead atoms. The second-order valence-electron chi connectivity index (χ2n) is 3.61. The van der Waals surface area contributed by atoms with Gasteiger partial charge in [0, 0.05) is 12.8 Å². The van der Waals surface area contributed by atoms with E-state index in [4.69, 9.17) is 5.73 Å². The molecule has 0 saturated heterocycles. The molecule has 0 amide bonds. The lowest BCUT2D eigenvalue weighted by Crippen LogP contribution is -2.40. The molecule has 0 aliphatic heterocycles. The zero-order chi connectivity index (χ0) is 10.1. The number of halogens is 5. The van der Waals surface area contributed by atoms with Crippen LogP contribution in [0, 0.1) is 5.92 Å². The second-order valence-corrected chi connectivity index (χ2v) is 3.61. The first-order valence-corrected chi connectivity index (χ1v) is 4.34. The molecule has 1 nitrogen and oxygen atoms in total. The predicted octanol–water partition coefficient (Wildman–Crippen LogP) is 2.83. The molecule has 0 heterocycles. The molecular formula is C8H14ClF4N. The molecule has 1 aliphatic carbocycles. The van der Waals surface area contributed by atoms with Crippen molar-refractivity contribution in [2.24, 2.45) is 11.7 Å². The summed E-state index contributed by atoms with van der Waals surface area (Å²) in [6.07, 6.45) is -3.00. The molecule has 0 unspecified atom stereocenters. The van der Waals surface area contributed by atoms with Crippen LogP contribution in [0.5, 0.6) is 0 Å². The average molecular weight is 236 g/mol. The van der Waals surface area contributed by atoms with Crippen molar-refractivity contribution in [2.75, 3.05) is 0 Å². The summed E-state index contributed by atoms with van der Waals surface area (Å²) in [7, 11) is 0. The van der Waals surface area contributed by atoms with E-state index in [1.807, 2.05) is 0 Å². The van der Waals surface area contributed by atoms with Gasteiger partial charge in [-0.25, -0.2) is 17.6 Å².